The van der Waals surface area contributed by atoms with Crippen molar-refractivity contribution in [3.05, 3.63) is 52.3 Å². The number of benzene rings is 1. The number of dihydropyridines is 1. The fraction of sp³-hybridized carbons (Fsp3) is 0.154. The summed E-state index contributed by atoms with van der Waals surface area (Å²) in [5, 5.41) is 11.4. The Morgan fingerprint density at radius 1 is 1.45 bits per heavy atom. The molecule has 0 radical (unpaired) electrons. The Bertz CT molecular complexity index is 707. The molecule has 0 spiro atoms. The number of halogens is 1. The number of nitrogens with one attached hydrogen (secondary N) is 1. The zero-order valence-corrected chi connectivity index (χ0v) is 11.1. The van der Waals surface area contributed by atoms with Crippen LogP contribution < -0.4 is 21.5 Å². The van der Waals surface area contributed by atoms with Gasteiger partial charge in [0.05, 0.1) is 22.1 Å². The summed E-state index contributed by atoms with van der Waals surface area (Å²) < 4.78 is 19.3. The van der Waals surface area contributed by atoms with Gasteiger partial charge in [-0.2, -0.15) is 17.9 Å². The number of hydrogen-bond acceptors (Lipinski definition) is 6. The zero-order valence-electron chi connectivity index (χ0n) is 10.2. The number of fused-ring (bicyclic) bond motifs is 1. The third-order valence-corrected chi connectivity index (χ3v) is 3.85. The minimum absolute atomic E-state index is 0.0964. The molecule has 5 N–H and O–H groups in total. The summed E-state index contributed by atoms with van der Waals surface area (Å²) in [6.07, 6.45) is -0.785. The number of nitrogens with zero attached hydrogens (tertiary/aromatic N) is 1. The number of ether oxygens (including phenoxy) is 1. The highest BCUT2D eigenvalue weighted by molar-refractivity contribution is 7.80. The number of hydrogen-bond donors (Lipinski definition) is 4. The highest BCUT2D eigenvalue weighted by Gasteiger charge is 2.36. The van der Waals surface area contributed by atoms with Crippen molar-refractivity contribution in [2.45, 2.75) is 11.4 Å². The van der Waals surface area contributed by atoms with Gasteiger partial charge in [-0.15, -0.1) is 0 Å². The van der Waals surface area contributed by atoms with Crippen LogP contribution in [0.5, 0.6) is 5.75 Å². The maximum absolute atomic E-state index is 13.8. The van der Waals surface area contributed by atoms with E-state index in [0.29, 0.717) is 11.1 Å². The van der Waals surface area contributed by atoms with Crippen LogP contribution >= 0.6 is 12.6 Å². The average molecular weight is 290 g/mol. The lowest BCUT2D eigenvalue weighted by Gasteiger charge is -2.34. The van der Waals surface area contributed by atoms with Gasteiger partial charge in [-0.25, -0.2) is 4.39 Å². The molecule has 0 aromatic heterocycles. The monoisotopic (exact) mass is 290 g/mol. The summed E-state index contributed by atoms with van der Waals surface area (Å²) in [6, 6.07) is 6.53. The van der Waals surface area contributed by atoms with Crippen LogP contribution in [0.3, 0.4) is 0 Å². The molecule has 2 heterocycles. The van der Waals surface area contributed by atoms with E-state index in [1.807, 2.05) is 6.07 Å². The molecule has 2 atom stereocenters. The van der Waals surface area contributed by atoms with Crippen molar-refractivity contribution < 1.29 is 9.13 Å². The smallest absolute Gasteiger partial charge is 0.201 e. The highest BCUT2D eigenvalue weighted by Crippen LogP contribution is 2.45. The molecule has 20 heavy (non-hydrogen) atoms. The van der Waals surface area contributed by atoms with E-state index in [2.05, 4.69) is 17.9 Å². The molecule has 3 rings (SSSR count). The van der Waals surface area contributed by atoms with E-state index in [1.54, 1.807) is 12.1 Å². The molecule has 2 aliphatic heterocycles. The van der Waals surface area contributed by atoms with E-state index >= 15 is 0 Å². The lowest BCUT2D eigenvalue weighted by atomic mass is 9.93. The van der Waals surface area contributed by atoms with Crippen LogP contribution in [-0.4, -0.2) is 6.17 Å². The first kappa shape index (κ1) is 12.8. The first-order valence-electron chi connectivity index (χ1n) is 5.85. The first-order chi connectivity index (χ1) is 9.54. The molecule has 2 unspecified atom stereocenters. The Morgan fingerprint density at radius 2 is 2.20 bits per heavy atom. The molecule has 7 heteroatoms. The van der Waals surface area contributed by atoms with E-state index in [-0.39, 0.29) is 22.9 Å². The van der Waals surface area contributed by atoms with Crippen molar-refractivity contribution in [2.24, 2.45) is 11.5 Å². The minimum Gasteiger partial charge on any atom is -0.437 e. The SMILES string of the molecule is N#CC1=C(N)C2=C(NC1N)Oc1c(F)cccc1C2S. The molecular weight excluding hydrogens is 279 g/mol. The van der Waals surface area contributed by atoms with Crippen molar-refractivity contribution in [1.82, 2.24) is 5.32 Å². The van der Waals surface area contributed by atoms with Crippen molar-refractivity contribution in [1.29, 1.82) is 5.26 Å². The van der Waals surface area contributed by atoms with E-state index in [4.69, 9.17) is 21.5 Å². The van der Waals surface area contributed by atoms with Crippen molar-refractivity contribution >= 4 is 12.6 Å². The first-order valence-corrected chi connectivity index (χ1v) is 6.37. The quantitative estimate of drug-likeness (QED) is 0.535. The Hall–Kier alpha value is -2.17. The van der Waals surface area contributed by atoms with Gasteiger partial charge in [-0.3, -0.25) is 0 Å². The lowest BCUT2D eigenvalue weighted by molar-refractivity contribution is 0.324. The predicted octanol–water partition coefficient (Wildman–Crippen LogP) is 1.02. The number of rotatable bonds is 0. The van der Waals surface area contributed by atoms with Gasteiger partial charge in [0.2, 0.25) is 5.88 Å². The number of nitriles is 1. The second kappa shape index (κ2) is 4.44. The maximum atomic E-state index is 13.8. The van der Waals surface area contributed by atoms with Crippen LogP contribution in [0.1, 0.15) is 10.8 Å². The molecule has 2 aliphatic rings. The Kier molecular flexibility index (Phi) is 2.85. The Balaban J connectivity index is 2.18. The van der Waals surface area contributed by atoms with Gasteiger partial charge in [0.15, 0.2) is 11.6 Å². The average Bonchev–Trinajstić information content (AvgIpc) is 2.40. The fourth-order valence-electron chi connectivity index (χ4n) is 2.32. The minimum atomic E-state index is -0.785. The number of thiol groups is 1. The third kappa shape index (κ3) is 1.66. The fourth-order valence-corrected chi connectivity index (χ4v) is 2.78. The third-order valence-electron chi connectivity index (χ3n) is 3.31. The van der Waals surface area contributed by atoms with E-state index < -0.39 is 17.2 Å². The molecular formula is C13H11FN4OS. The number of para-hydroxylation sites is 1. The topological polar surface area (TPSA) is 97.1 Å². The Labute approximate surface area is 120 Å². The largest absolute Gasteiger partial charge is 0.437 e. The van der Waals surface area contributed by atoms with Gasteiger partial charge in [0, 0.05) is 5.56 Å². The van der Waals surface area contributed by atoms with Gasteiger partial charge in [-0.05, 0) is 6.07 Å². The molecule has 0 amide bonds. The van der Waals surface area contributed by atoms with Crippen LogP contribution in [0.2, 0.25) is 0 Å². The van der Waals surface area contributed by atoms with Crippen LogP contribution in [0.4, 0.5) is 4.39 Å². The van der Waals surface area contributed by atoms with E-state index in [9.17, 15) is 4.39 Å². The summed E-state index contributed by atoms with van der Waals surface area (Å²) in [5.41, 5.74) is 13.3. The summed E-state index contributed by atoms with van der Waals surface area (Å²) in [7, 11) is 0. The van der Waals surface area contributed by atoms with Gasteiger partial charge >= 0.3 is 0 Å². The van der Waals surface area contributed by atoms with E-state index in [0.717, 1.165) is 0 Å². The molecule has 0 aliphatic carbocycles. The number of allylic oxidation sites excluding steroid dienone is 1. The zero-order chi connectivity index (χ0) is 14.4. The molecule has 5 nitrogen and oxygen atoms in total. The Morgan fingerprint density at radius 3 is 2.90 bits per heavy atom. The van der Waals surface area contributed by atoms with Gasteiger partial charge in [0.1, 0.15) is 12.2 Å². The molecule has 0 saturated carbocycles. The highest BCUT2D eigenvalue weighted by atomic mass is 32.1. The molecule has 0 fully saturated rings. The second-order valence-corrected chi connectivity index (χ2v) is 4.98. The van der Waals surface area contributed by atoms with Crippen LogP contribution in [0.25, 0.3) is 0 Å². The van der Waals surface area contributed by atoms with Gasteiger partial charge in [-0.1, -0.05) is 12.1 Å². The number of nitrogens with two attached hydrogens (primary N) is 2. The van der Waals surface area contributed by atoms with Crippen LogP contribution in [-0.2, 0) is 0 Å². The summed E-state index contributed by atoms with van der Waals surface area (Å²) >= 11 is 4.47. The van der Waals surface area contributed by atoms with E-state index in [1.165, 1.54) is 6.07 Å². The molecule has 0 bridgehead atoms. The molecule has 102 valence electrons. The second-order valence-electron chi connectivity index (χ2n) is 4.47. The van der Waals surface area contributed by atoms with Crippen molar-refractivity contribution in [3.8, 4) is 11.8 Å². The molecule has 1 aromatic carbocycles. The van der Waals surface area contributed by atoms with Crippen molar-refractivity contribution in [3.63, 3.8) is 0 Å². The maximum Gasteiger partial charge on any atom is 0.201 e. The van der Waals surface area contributed by atoms with Crippen molar-refractivity contribution in [2.75, 3.05) is 0 Å². The normalized spacial score (nSPS) is 24.3. The predicted molar refractivity (Wildman–Crippen MR) is 73.7 cm³/mol. The summed E-state index contributed by atoms with van der Waals surface area (Å²) in [5.74, 6) is -0.150. The van der Waals surface area contributed by atoms with Crippen LogP contribution in [0, 0.1) is 17.1 Å². The summed E-state index contributed by atoms with van der Waals surface area (Å²) in [6.45, 7) is 0. The summed E-state index contributed by atoms with van der Waals surface area (Å²) in [4.78, 5) is 0. The standard InChI is InChI=1S/C13H11FN4OS/c14-7-3-1-2-5-10(7)19-13-8(11(5)20)9(16)6(4-15)12(17)18-13/h1-3,11-12,18,20H,16-17H2. The molecule has 1 aromatic rings. The molecule has 0 saturated heterocycles. The van der Waals surface area contributed by atoms with Crippen LogP contribution in [0.15, 0.2) is 40.9 Å². The van der Waals surface area contributed by atoms with Gasteiger partial charge < -0.3 is 21.5 Å². The lowest BCUT2D eigenvalue weighted by Crippen LogP contribution is -2.46. The van der Waals surface area contributed by atoms with Gasteiger partial charge in [0.25, 0.3) is 0 Å².